The number of halogens is 2. The smallest absolute Gasteiger partial charge is 0.306 e. The Bertz CT molecular complexity index is 670. The molecule has 0 saturated carbocycles. The van der Waals surface area contributed by atoms with Crippen molar-refractivity contribution in [3.63, 3.8) is 0 Å². The van der Waals surface area contributed by atoms with Crippen LogP contribution in [0.1, 0.15) is 36.5 Å². The molecule has 0 aliphatic carbocycles. The Morgan fingerprint density at radius 2 is 1.88 bits per heavy atom. The summed E-state index contributed by atoms with van der Waals surface area (Å²) in [6.07, 6.45) is 0.575. The van der Waals surface area contributed by atoms with Crippen LogP contribution in [-0.4, -0.2) is 29.5 Å². The molecule has 0 aliphatic heterocycles. The molecule has 10 heteroatoms. The van der Waals surface area contributed by atoms with E-state index in [-0.39, 0.29) is 28.5 Å². The van der Waals surface area contributed by atoms with Crippen LogP contribution >= 0.6 is 35.4 Å². The number of esters is 1. The molecule has 0 aliphatic rings. The van der Waals surface area contributed by atoms with Gasteiger partial charge in [0.25, 0.3) is 5.91 Å². The number of rotatable bonds is 6. The normalized spacial score (nSPS) is 9.88. The summed E-state index contributed by atoms with van der Waals surface area (Å²) in [5, 5.41) is 2.78. The van der Waals surface area contributed by atoms with E-state index < -0.39 is 17.8 Å². The fourth-order valence-electron chi connectivity index (χ4n) is 1.58. The van der Waals surface area contributed by atoms with E-state index in [0.717, 1.165) is 0 Å². The minimum atomic E-state index is -0.554. The Morgan fingerprint density at radius 3 is 2.52 bits per heavy atom. The number of nitrogens with one attached hydrogen (secondary N) is 3. The SMILES string of the molecule is CCCOC(=O)CCC(=O)NC(=S)NNC(=O)c1ccc(Cl)cc1Cl. The van der Waals surface area contributed by atoms with Gasteiger partial charge in [0.1, 0.15) is 0 Å². The van der Waals surface area contributed by atoms with E-state index >= 15 is 0 Å². The molecule has 0 unspecified atom stereocenters. The van der Waals surface area contributed by atoms with Crippen LogP contribution in [0.25, 0.3) is 0 Å². The third kappa shape index (κ3) is 8.15. The average molecular weight is 406 g/mol. The van der Waals surface area contributed by atoms with E-state index in [1.807, 2.05) is 6.92 Å². The van der Waals surface area contributed by atoms with Crippen LogP contribution in [0.5, 0.6) is 0 Å². The maximum absolute atomic E-state index is 11.9. The molecule has 3 N–H and O–H groups in total. The van der Waals surface area contributed by atoms with Crippen LogP contribution in [0.3, 0.4) is 0 Å². The molecule has 0 aromatic heterocycles. The Hall–Kier alpha value is -1.90. The highest BCUT2D eigenvalue weighted by Gasteiger charge is 2.12. The predicted octanol–water partition coefficient (Wildman–Crippen LogP) is 2.36. The summed E-state index contributed by atoms with van der Waals surface area (Å²) in [7, 11) is 0. The number of hydrogen-bond donors (Lipinski definition) is 3. The molecular weight excluding hydrogens is 389 g/mol. The number of carbonyl (C=O) groups is 3. The monoisotopic (exact) mass is 405 g/mol. The highest BCUT2D eigenvalue weighted by Crippen LogP contribution is 2.20. The first-order chi connectivity index (χ1) is 11.8. The van der Waals surface area contributed by atoms with Crippen LogP contribution in [0.15, 0.2) is 18.2 Å². The summed E-state index contributed by atoms with van der Waals surface area (Å²) >= 11 is 16.5. The first-order valence-corrected chi connectivity index (χ1v) is 8.50. The number of thiocarbonyl (C=S) groups is 1. The second-order valence-corrected chi connectivity index (χ2v) is 6.05. The summed E-state index contributed by atoms with van der Waals surface area (Å²) in [6.45, 7) is 2.19. The zero-order valence-electron chi connectivity index (χ0n) is 13.4. The van der Waals surface area contributed by atoms with Crippen molar-refractivity contribution >= 4 is 58.3 Å². The second-order valence-electron chi connectivity index (χ2n) is 4.80. The number of hydrogen-bond acceptors (Lipinski definition) is 5. The first kappa shape index (κ1) is 21.1. The first-order valence-electron chi connectivity index (χ1n) is 7.34. The van der Waals surface area contributed by atoms with E-state index in [4.69, 9.17) is 40.2 Å². The molecule has 0 spiro atoms. The van der Waals surface area contributed by atoms with Gasteiger partial charge in [0.2, 0.25) is 5.91 Å². The molecule has 0 bridgehead atoms. The minimum Gasteiger partial charge on any atom is -0.466 e. The van der Waals surface area contributed by atoms with Gasteiger partial charge in [0.15, 0.2) is 5.11 Å². The van der Waals surface area contributed by atoms with E-state index in [2.05, 4.69) is 16.2 Å². The highest BCUT2D eigenvalue weighted by molar-refractivity contribution is 7.80. The molecule has 0 atom stereocenters. The predicted molar refractivity (Wildman–Crippen MR) is 98.3 cm³/mol. The van der Waals surface area contributed by atoms with Gasteiger partial charge in [-0.25, -0.2) is 0 Å². The number of amides is 2. The molecular formula is C15H17Cl2N3O4S. The summed E-state index contributed by atoms with van der Waals surface area (Å²) in [4.78, 5) is 34.9. The fraction of sp³-hybridized carbons (Fsp3) is 0.333. The maximum Gasteiger partial charge on any atom is 0.306 e. The largest absolute Gasteiger partial charge is 0.466 e. The molecule has 1 aromatic carbocycles. The molecule has 1 aromatic rings. The lowest BCUT2D eigenvalue weighted by molar-refractivity contribution is -0.144. The van der Waals surface area contributed by atoms with Crippen molar-refractivity contribution in [1.82, 2.24) is 16.2 Å². The van der Waals surface area contributed by atoms with E-state index in [9.17, 15) is 14.4 Å². The minimum absolute atomic E-state index is 0.0544. The lowest BCUT2D eigenvalue weighted by Gasteiger charge is -2.11. The second kappa shape index (κ2) is 10.9. The maximum atomic E-state index is 11.9. The van der Waals surface area contributed by atoms with E-state index in [1.165, 1.54) is 18.2 Å². The average Bonchev–Trinajstić information content (AvgIpc) is 2.56. The van der Waals surface area contributed by atoms with Crippen molar-refractivity contribution in [1.29, 1.82) is 0 Å². The van der Waals surface area contributed by atoms with Gasteiger partial charge in [-0.05, 0) is 36.8 Å². The molecule has 1 rings (SSSR count). The quantitative estimate of drug-likeness (QED) is 0.381. The Balaban J connectivity index is 2.35. The van der Waals surface area contributed by atoms with Crippen LogP contribution < -0.4 is 16.2 Å². The third-order valence-corrected chi connectivity index (χ3v) is 3.49. The zero-order valence-corrected chi connectivity index (χ0v) is 15.7. The van der Waals surface area contributed by atoms with Crippen molar-refractivity contribution in [2.75, 3.05) is 6.61 Å². The van der Waals surface area contributed by atoms with Crippen molar-refractivity contribution in [3.8, 4) is 0 Å². The molecule has 136 valence electrons. The molecule has 7 nitrogen and oxygen atoms in total. The standard InChI is InChI=1S/C15H17Cl2N3O4S/c1-2-7-24-13(22)6-5-12(21)18-15(25)20-19-14(23)10-4-3-9(16)8-11(10)17/h3-4,8H,2,5-7H2,1H3,(H,19,23)(H2,18,20,21,25). The summed E-state index contributed by atoms with van der Waals surface area (Å²) in [5.41, 5.74) is 4.85. The number of carbonyl (C=O) groups excluding carboxylic acids is 3. The van der Waals surface area contributed by atoms with Gasteiger partial charge < -0.3 is 10.1 Å². The third-order valence-electron chi connectivity index (χ3n) is 2.74. The van der Waals surface area contributed by atoms with Gasteiger partial charge in [-0.2, -0.15) is 0 Å². The summed E-state index contributed by atoms with van der Waals surface area (Å²) in [6, 6.07) is 4.39. The molecule has 0 heterocycles. The molecule has 0 radical (unpaired) electrons. The zero-order chi connectivity index (χ0) is 18.8. The Morgan fingerprint density at radius 1 is 1.16 bits per heavy atom. The highest BCUT2D eigenvalue weighted by atomic mass is 35.5. The van der Waals surface area contributed by atoms with Gasteiger partial charge in [-0.3, -0.25) is 25.2 Å². The van der Waals surface area contributed by atoms with Crippen LogP contribution in [0.4, 0.5) is 0 Å². The van der Waals surface area contributed by atoms with Gasteiger partial charge in [0, 0.05) is 11.4 Å². The van der Waals surface area contributed by atoms with Gasteiger partial charge >= 0.3 is 5.97 Å². The van der Waals surface area contributed by atoms with E-state index in [0.29, 0.717) is 18.1 Å². The summed E-state index contributed by atoms with van der Waals surface area (Å²) in [5.74, 6) is -1.49. The summed E-state index contributed by atoms with van der Waals surface area (Å²) < 4.78 is 4.85. The van der Waals surface area contributed by atoms with Crippen molar-refractivity contribution < 1.29 is 19.1 Å². The van der Waals surface area contributed by atoms with Crippen LogP contribution in [0, 0.1) is 0 Å². The fourth-order valence-corrected chi connectivity index (χ4v) is 2.24. The van der Waals surface area contributed by atoms with Crippen molar-refractivity contribution in [2.24, 2.45) is 0 Å². The number of benzene rings is 1. The van der Waals surface area contributed by atoms with Crippen LogP contribution in [0.2, 0.25) is 10.0 Å². The van der Waals surface area contributed by atoms with Crippen molar-refractivity contribution in [3.05, 3.63) is 33.8 Å². The van der Waals surface area contributed by atoms with Crippen molar-refractivity contribution in [2.45, 2.75) is 26.2 Å². The number of hydrazine groups is 1. The topological polar surface area (TPSA) is 96.5 Å². The lowest BCUT2D eigenvalue weighted by Crippen LogP contribution is -2.48. The van der Waals surface area contributed by atoms with Gasteiger partial charge in [0.05, 0.1) is 23.6 Å². The molecule has 25 heavy (non-hydrogen) atoms. The Kier molecular flexibility index (Phi) is 9.18. The van der Waals surface area contributed by atoms with Gasteiger partial charge in [-0.15, -0.1) is 0 Å². The molecule has 2 amide bonds. The van der Waals surface area contributed by atoms with Gasteiger partial charge in [-0.1, -0.05) is 30.1 Å². The lowest BCUT2D eigenvalue weighted by atomic mass is 10.2. The van der Waals surface area contributed by atoms with E-state index in [1.54, 1.807) is 0 Å². The number of ether oxygens (including phenoxy) is 1. The Labute approximate surface area is 160 Å². The molecule has 0 saturated heterocycles. The van der Waals surface area contributed by atoms with Crippen LogP contribution in [-0.2, 0) is 14.3 Å². The molecule has 0 fully saturated rings.